The highest BCUT2D eigenvalue weighted by atomic mass is 32.2. The maximum atomic E-state index is 13.6. The summed E-state index contributed by atoms with van der Waals surface area (Å²) in [5, 5.41) is 1.97. The summed E-state index contributed by atoms with van der Waals surface area (Å²) in [5.41, 5.74) is 4.93. The van der Waals surface area contributed by atoms with E-state index >= 15 is 0 Å². The van der Waals surface area contributed by atoms with Crippen LogP contribution in [0.1, 0.15) is 33.4 Å². The van der Waals surface area contributed by atoms with Crippen LogP contribution in [0.3, 0.4) is 0 Å². The number of nitrogens with one attached hydrogen (secondary N) is 1. The number of carbonyl (C=O) groups is 1. The molecule has 1 N–H and O–H groups in total. The number of carbonyl (C=O) groups excluding carboxylic acids is 1. The predicted molar refractivity (Wildman–Crippen MR) is 115 cm³/mol. The first-order chi connectivity index (χ1) is 14.3. The monoisotopic (exact) mass is 400 g/mol. The quantitative estimate of drug-likeness (QED) is 0.516. The summed E-state index contributed by atoms with van der Waals surface area (Å²) in [6.45, 7) is 0.637. The molecule has 1 amide bonds. The van der Waals surface area contributed by atoms with Crippen LogP contribution in [-0.4, -0.2) is 38.6 Å². The Bertz CT molecular complexity index is 1190. The van der Waals surface area contributed by atoms with Crippen molar-refractivity contribution in [2.24, 2.45) is 0 Å². The lowest BCUT2D eigenvalue weighted by Crippen LogP contribution is -2.41. The van der Waals surface area contributed by atoms with Crippen molar-refractivity contribution in [3.8, 4) is 0 Å². The molecule has 0 saturated heterocycles. The van der Waals surface area contributed by atoms with Crippen LogP contribution in [0.5, 0.6) is 0 Å². The number of benzene rings is 1. The molecule has 6 heteroatoms. The Labute approximate surface area is 173 Å². The molecule has 1 aliphatic heterocycles. The topological polar surface area (TPSA) is 61.9 Å². The summed E-state index contributed by atoms with van der Waals surface area (Å²) in [6.07, 6.45) is 6.27. The van der Waals surface area contributed by atoms with Crippen molar-refractivity contribution >= 4 is 28.6 Å². The van der Waals surface area contributed by atoms with E-state index in [1.165, 1.54) is 22.7 Å². The molecule has 1 unspecified atom stereocenters. The van der Waals surface area contributed by atoms with E-state index in [-0.39, 0.29) is 11.9 Å². The van der Waals surface area contributed by atoms with E-state index < -0.39 is 0 Å². The first kappa shape index (κ1) is 17.9. The molecule has 1 aliphatic rings. The van der Waals surface area contributed by atoms with Gasteiger partial charge in [-0.1, -0.05) is 24.3 Å². The van der Waals surface area contributed by atoms with E-state index in [1.54, 1.807) is 12.4 Å². The zero-order chi connectivity index (χ0) is 19.8. The largest absolute Gasteiger partial charge is 0.356 e. The van der Waals surface area contributed by atoms with Gasteiger partial charge in [-0.2, -0.15) is 0 Å². The van der Waals surface area contributed by atoms with E-state index in [0.717, 1.165) is 28.4 Å². The molecular formula is C23H20N4OS. The number of thioether (sulfide) groups is 1. The number of amides is 1. The number of para-hydroxylation sites is 1. The van der Waals surface area contributed by atoms with Crippen LogP contribution in [-0.2, 0) is 6.42 Å². The van der Waals surface area contributed by atoms with E-state index in [9.17, 15) is 4.79 Å². The van der Waals surface area contributed by atoms with Crippen molar-refractivity contribution in [1.82, 2.24) is 19.9 Å². The molecule has 3 aromatic heterocycles. The summed E-state index contributed by atoms with van der Waals surface area (Å²) in [6, 6.07) is 17.6. The average Bonchev–Trinajstić information content (AvgIpc) is 3.17. The molecule has 0 bridgehead atoms. The second-order valence-electron chi connectivity index (χ2n) is 7.03. The fraction of sp³-hybridized carbons (Fsp3) is 0.174. The molecule has 5 rings (SSSR count). The molecule has 0 aliphatic carbocycles. The van der Waals surface area contributed by atoms with Gasteiger partial charge in [0, 0.05) is 35.5 Å². The minimum atomic E-state index is -0.255. The molecular weight excluding hydrogens is 380 g/mol. The molecule has 0 saturated carbocycles. The van der Waals surface area contributed by atoms with Gasteiger partial charge in [-0.05, 0) is 48.6 Å². The number of pyridine rings is 2. The molecule has 0 spiro atoms. The third kappa shape index (κ3) is 3.00. The molecule has 0 fully saturated rings. The standard InChI is InChI=1S/C23H20N4OS/c1-29-22-17(8-6-13-25-22)23(28)27-14-11-16-15-7-2-3-9-18(15)26-20(16)21(27)19-10-4-5-12-24-19/h2-10,12-13,21,26H,11,14H2,1H3. The number of hydrogen-bond acceptors (Lipinski definition) is 4. The summed E-state index contributed by atoms with van der Waals surface area (Å²) < 4.78 is 0. The lowest BCUT2D eigenvalue weighted by molar-refractivity contribution is 0.0684. The molecule has 4 heterocycles. The lowest BCUT2D eigenvalue weighted by atomic mass is 9.94. The second kappa shape index (κ2) is 7.37. The predicted octanol–water partition coefficient (Wildman–Crippen LogP) is 4.47. The number of rotatable bonds is 3. The van der Waals surface area contributed by atoms with Crippen molar-refractivity contribution in [3.05, 3.63) is 89.5 Å². The van der Waals surface area contributed by atoms with Gasteiger partial charge < -0.3 is 9.88 Å². The van der Waals surface area contributed by atoms with Crippen LogP contribution >= 0.6 is 11.8 Å². The van der Waals surface area contributed by atoms with E-state index in [4.69, 9.17) is 0 Å². The highest BCUT2D eigenvalue weighted by Crippen LogP contribution is 2.38. The van der Waals surface area contributed by atoms with Gasteiger partial charge in [0.05, 0.1) is 11.3 Å². The lowest BCUT2D eigenvalue weighted by Gasteiger charge is -2.35. The zero-order valence-electron chi connectivity index (χ0n) is 16.0. The van der Waals surface area contributed by atoms with Crippen LogP contribution in [0, 0.1) is 0 Å². The third-order valence-corrected chi connectivity index (χ3v) is 6.17. The SMILES string of the molecule is CSc1ncccc1C(=O)N1CCc2c([nH]c3ccccc23)C1c1ccccn1. The molecule has 4 aromatic rings. The Balaban J connectivity index is 1.67. The minimum Gasteiger partial charge on any atom is -0.356 e. The maximum Gasteiger partial charge on any atom is 0.257 e. The summed E-state index contributed by atoms with van der Waals surface area (Å²) in [4.78, 5) is 28.1. The maximum absolute atomic E-state index is 13.6. The number of H-pyrrole nitrogens is 1. The highest BCUT2D eigenvalue weighted by Gasteiger charge is 2.36. The number of hydrogen-bond donors (Lipinski definition) is 1. The Morgan fingerprint density at radius 1 is 1.07 bits per heavy atom. The van der Waals surface area contributed by atoms with E-state index in [0.29, 0.717) is 12.1 Å². The van der Waals surface area contributed by atoms with Crippen molar-refractivity contribution < 1.29 is 4.79 Å². The molecule has 1 atom stereocenters. The summed E-state index contributed by atoms with van der Waals surface area (Å²) >= 11 is 1.49. The Kier molecular flexibility index (Phi) is 4.56. The molecule has 0 radical (unpaired) electrons. The summed E-state index contributed by atoms with van der Waals surface area (Å²) in [7, 11) is 0. The van der Waals surface area contributed by atoms with Gasteiger partial charge in [-0.3, -0.25) is 9.78 Å². The average molecular weight is 401 g/mol. The van der Waals surface area contributed by atoms with Crippen LogP contribution in [0.2, 0.25) is 0 Å². The Hall–Kier alpha value is -3.12. The second-order valence-corrected chi connectivity index (χ2v) is 7.82. The van der Waals surface area contributed by atoms with Gasteiger partial charge in [0.15, 0.2) is 0 Å². The summed E-state index contributed by atoms with van der Waals surface area (Å²) in [5.74, 6) is -0.0117. The van der Waals surface area contributed by atoms with Gasteiger partial charge in [-0.15, -0.1) is 11.8 Å². The van der Waals surface area contributed by atoms with Gasteiger partial charge >= 0.3 is 0 Å². The minimum absolute atomic E-state index is 0.0117. The van der Waals surface area contributed by atoms with Crippen LogP contribution in [0.25, 0.3) is 10.9 Å². The van der Waals surface area contributed by atoms with Crippen molar-refractivity contribution in [1.29, 1.82) is 0 Å². The van der Waals surface area contributed by atoms with E-state index in [1.807, 2.05) is 47.6 Å². The Morgan fingerprint density at radius 3 is 2.72 bits per heavy atom. The Morgan fingerprint density at radius 2 is 1.90 bits per heavy atom. The molecule has 5 nitrogen and oxygen atoms in total. The van der Waals surface area contributed by atoms with Crippen molar-refractivity contribution in [3.63, 3.8) is 0 Å². The van der Waals surface area contributed by atoms with Gasteiger partial charge in [0.1, 0.15) is 11.1 Å². The number of aromatic nitrogens is 3. The van der Waals surface area contributed by atoms with Crippen molar-refractivity contribution in [2.75, 3.05) is 12.8 Å². The van der Waals surface area contributed by atoms with E-state index in [2.05, 4.69) is 33.2 Å². The van der Waals surface area contributed by atoms with Crippen LogP contribution in [0.4, 0.5) is 0 Å². The normalized spacial score (nSPS) is 16.0. The van der Waals surface area contributed by atoms with Gasteiger partial charge in [-0.25, -0.2) is 4.98 Å². The smallest absolute Gasteiger partial charge is 0.257 e. The molecule has 1 aromatic carbocycles. The highest BCUT2D eigenvalue weighted by molar-refractivity contribution is 7.98. The zero-order valence-corrected chi connectivity index (χ0v) is 16.8. The van der Waals surface area contributed by atoms with Crippen molar-refractivity contribution in [2.45, 2.75) is 17.5 Å². The van der Waals surface area contributed by atoms with Gasteiger partial charge in [0.25, 0.3) is 5.91 Å². The van der Waals surface area contributed by atoms with Gasteiger partial charge in [0.2, 0.25) is 0 Å². The fourth-order valence-corrected chi connectivity index (χ4v) is 4.72. The first-order valence-electron chi connectivity index (χ1n) is 9.58. The number of fused-ring (bicyclic) bond motifs is 3. The molecule has 29 heavy (non-hydrogen) atoms. The fourth-order valence-electron chi connectivity index (χ4n) is 4.18. The van der Waals surface area contributed by atoms with Crippen LogP contribution < -0.4 is 0 Å². The number of nitrogens with zero attached hydrogens (tertiary/aromatic N) is 3. The van der Waals surface area contributed by atoms with Crippen LogP contribution in [0.15, 0.2) is 72.0 Å². The third-order valence-electron chi connectivity index (χ3n) is 5.46. The number of aromatic amines is 1. The molecule has 144 valence electrons. The first-order valence-corrected chi connectivity index (χ1v) is 10.8.